The molecule has 2 rings (SSSR count). The minimum absolute atomic E-state index is 0.181. The Balaban J connectivity index is 2.17. The van der Waals surface area contributed by atoms with Crippen molar-refractivity contribution >= 4 is 0 Å². The Morgan fingerprint density at radius 3 is 2.05 bits per heavy atom. The molecule has 0 heterocycles. The highest BCUT2D eigenvalue weighted by molar-refractivity contribution is 5.40. The smallest absolute Gasteiger partial charge is 0.127 e. The summed E-state index contributed by atoms with van der Waals surface area (Å²) in [5.74, 6) is 1.76. The summed E-state index contributed by atoms with van der Waals surface area (Å²) < 4.78 is 5.92. The van der Waals surface area contributed by atoms with Crippen LogP contribution in [-0.4, -0.2) is 6.04 Å². The third-order valence-corrected chi connectivity index (χ3v) is 3.57. The number of nitrogens with two attached hydrogens (primary N) is 1. The fourth-order valence-corrected chi connectivity index (χ4v) is 2.22. The molecule has 1 unspecified atom stereocenters. The maximum absolute atomic E-state index is 5.92. The van der Waals surface area contributed by atoms with E-state index in [1.54, 1.807) is 0 Å². The van der Waals surface area contributed by atoms with Gasteiger partial charge in [-0.1, -0.05) is 12.1 Å². The molecule has 20 heavy (non-hydrogen) atoms. The van der Waals surface area contributed by atoms with Gasteiger partial charge in [-0.15, -0.1) is 0 Å². The van der Waals surface area contributed by atoms with Gasteiger partial charge in [0.2, 0.25) is 0 Å². The summed E-state index contributed by atoms with van der Waals surface area (Å²) in [6.07, 6.45) is 0.899. The highest BCUT2D eigenvalue weighted by atomic mass is 16.5. The van der Waals surface area contributed by atoms with Crippen LogP contribution in [0.4, 0.5) is 0 Å². The maximum atomic E-state index is 5.92. The summed E-state index contributed by atoms with van der Waals surface area (Å²) in [5.41, 5.74) is 10.9. The second-order valence-corrected chi connectivity index (χ2v) is 5.62. The molecule has 2 aromatic rings. The molecular weight excluding hydrogens is 246 g/mol. The van der Waals surface area contributed by atoms with Crippen LogP contribution < -0.4 is 10.5 Å². The molecule has 0 aliphatic rings. The Labute approximate surface area is 121 Å². The zero-order chi connectivity index (χ0) is 14.7. The molecule has 0 aliphatic carbocycles. The van der Waals surface area contributed by atoms with Crippen LogP contribution in [0.25, 0.3) is 0 Å². The monoisotopic (exact) mass is 269 g/mol. The summed E-state index contributed by atoms with van der Waals surface area (Å²) in [7, 11) is 0. The first-order chi connectivity index (χ1) is 9.45. The summed E-state index contributed by atoms with van der Waals surface area (Å²) in [6.45, 7) is 8.33. The van der Waals surface area contributed by atoms with Crippen molar-refractivity contribution < 1.29 is 4.74 Å². The number of rotatable bonds is 4. The fraction of sp³-hybridized carbons (Fsp3) is 0.333. The van der Waals surface area contributed by atoms with Crippen LogP contribution in [0.2, 0.25) is 0 Å². The minimum Gasteiger partial charge on any atom is -0.457 e. The summed E-state index contributed by atoms with van der Waals surface area (Å²) in [4.78, 5) is 0. The molecule has 2 aromatic carbocycles. The van der Waals surface area contributed by atoms with E-state index in [9.17, 15) is 0 Å². The number of hydrogen-bond donors (Lipinski definition) is 1. The van der Waals surface area contributed by atoms with E-state index in [4.69, 9.17) is 10.5 Å². The predicted octanol–water partition coefficient (Wildman–Crippen LogP) is 4.29. The van der Waals surface area contributed by atoms with Crippen molar-refractivity contribution in [3.05, 3.63) is 58.7 Å². The molecule has 0 amide bonds. The molecule has 0 bridgehead atoms. The molecule has 0 fully saturated rings. The minimum atomic E-state index is 0.181. The van der Waals surface area contributed by atoms with E-state index in [-0.39, 0.29) is 6.04 Å². The molecule has 0 aliphatic heterocycles. The highest BCUT2D eigenvalue weighted by Crippen LogP contribution is 2.25. The molecule has 2 nitrogen and oxygen atoms in total. The second kappa shape index (κ2) is 6.10. The van der Waals surface area contributed by atoms with Gasteiger partial charge in [0.25, 0.3) is 0 Å². The van der Waals surface area contributed by atoms with E-state index in [0.29, 0.717) is 0 Å². The quantitative estimate of drug-likeness (QED) is 0.898. The van der Waals surface area contributed by atoms with Crippen LogP contribution in [-0.2, 0) is 6.42 Å². The normalized spacial score (nSPS) is 12.2. The lowest BCUT2D eigenvalue weighted by molar-refractivity contribution is 0.481. The Bertz CT molecular complexity index is 602. The van der Waals surface area contributed by atoms with Crippen molar-refractivity contribution in [3.63, 3.8) is 0 Å². The standard InChI is InChI=1S/C18H23NO/c1-12-5-7-17(9-13(12)2)20-18-8-6-16(11-15(4)19)14(3)10-18/h5-10,15H,11,19H2,1-4H3. The Hall–Kier alpha value is -1.80. The zero-order valence-electron chi connectivity index (χ0n) is 12.7. The van der Waals surface area contributed by atoms with Crippen LogP contribution in [0.1, 0.15) is 29.2 Å². The largest absolute Gasteiger partial charge is 0.457 e. The lowest BCUT2D eigenvalue weighted by atomic mass is 10.0. The average Bonchev–Trinajstić information content (AvgIpc) is 2.37. The molecular formula is C18H23NO. The third kappa shape index (κ3) is 3.61. The Kier molecular flexibility index (Phi) is 4.46. The van der Waals surface area contributed by atoms with Gasteiger partial charge >= 0.3 is 0 Å². The van der Waals surface area contributed by atoms with Gasteiger partial charge in [-0.3, -0.25) is 0 Å². The van der Waals surface area contributed by atoms with Crippen LogP contribution in [0.3, 0.4) is 0 Å². The number of ether oxygens (including phenoxy) is 1. The summed E-state index contributed by atoms with van der Waals surface area (Å²) >= 11 is 0. The van der Waals surface area contributed by atoms with Crippen molar-refractivity contribution in [3.8, 4) is 11.5 Å². The van der Waals surface area contributed by atoms with E-state index in [1.165, 1.54) is 22.3 Å². The Morgan fingerprint density at radius 2 is 1.50 bits per heavy atom. The molecule has 0 spiro atoms. The third-order valence-electron chi connectivity index (χ3n) is 3.57. The fourth-order valence-electron chi connectivity index (χ4n) is 2.22. The lowest BCUT2D eigenvalue weighted by Gasteiger charge is -2.12. The van der Waals surface area contributed by atoms with E-state index < -0.39 is 0 Å². The van der Waals surface area contributed by atoms with E-state index in [1.807, 2.05) is 19.1 Å². The first-order valence-corrected chi connectivity index (χ1v) is 7.06. The van der Waals surface area contributed by atoms with Crippen LogP contribution in [0, 0.1) is 20.8 Å². The van der Waals surface area contributed by atoms with Gasteiger partial charge in [0.05, 0.1) is 0 Å². The van der Waals surface area contributed by atoms with Crippen molar-refractivity contribution in [1.29, 1.82) is 0 Å². The van der Waals surface area contributed by atoms with E-state index in [0.717, 1.165) is 17.9 Å². The number of benzene rings is 2. The zero-order valence-corrected chi connectivity index (χ0v) is 12.7. The molecule has 0 radical (unpaired) electrons. The molecule has 1 atom stereocenters. The first-order valence-electron chi connectivity index (χ1n) is 7.06. The lowest BCUT2D eigenvalue weighted by Crippen LogP contribution is -2.18. The van der Waals surface area contributed by atoms with Gasteiger partial charge < -0.3 is 10.5 Å². The first kappa shape index (κ1) is 14.6. The van der Waals surface area contributed by atoms with Crippen LogP contribution >= 0.6 is 0 Å². The Morgan fingerprint density at radius 1 is 0.900 bits per heavy atom. The highest BCUT2D eigenvalue weighted by Gasteiger charge is 2.05. The van der Waals surface area contributed by atoms with Gasteiger partial charge in [-0.2, -0.15) is 0 Å². The average molecular weight is 269 g/mol. The van der Waals surface area contributed by atoms with Gasteiger partial charge in [-0.25, -0.2) is 0 Å². The van der Waals surface area contributed by atoms with Gasteiger partial charge in [0, 0.05) is 6.04 Å². The van der Waals surface area contributed by atoms with Crippen molar-refractivity contribution in [2.75, 3.05) is 0 Å². The molecule has 0 aromatic heterocycles. The number of aryl methyl sites for hydroxylation is 3. The number of hydrogen-bond acceptors (Lipinski definition) is 2. The van der Waals surface area contributed by atoms with Gasteiger partial charge in [0.1, 0.15) is 11.5 Å². The van der Waals surface area contributed by atoms with Crippen LogP contribution in [0.15, 0.2) is 36.4 Å². The van der Waals surface area contributed by atoms with Gasteiger partial charge in [-0.05, 0) is 80.6 Å². The van der Waals surface area contributed by atoms with Crippen molar-refractivity contribution in [2.24, 2.45) is 5.73 Å². The SMILES string of the molecule is Cc1ccc(Oc2ccc(CC(C)N)c(C)c2)cc1C. The van der Waals surface area contributed by atoms with Crippen LogP contribution in [0.5, 0.6) is 11.5 Å². The molecule has 0 saturated heterocycles. The molecule has 2 N–H and O–H groups in total. The van der Waals surface area contributed by atoms with Crippen molar-refractivity contribution in [2.45, 2.75) is 40.2 Å². The summed E-state index contributed by atoms with van der Waals surface area (Å²) in [6, 6.07) is 12.5. The second-order valence-electron chi connectivity index (χ2n) is 5.62. The van der Waals surface area contributed by atoms with E-state index in [2.05, 4.69) is 45.0 Å². The van der Waals surface area contributed by atoms with Gasteiger partial charge in [0.15, 0.2) is 0 Å². The summed E-state index contributed by atoms with van der Waals surface area (Å²) in [5, 5.41) is 0. The maximum Gasteiger partial charge on any atom is 0.127 e. The van der Waals surface area contributed by atoms with Crippen molar-refractivity contribution in [1.82, 2.24) is 0 Å². The predicted molar refractivity (Wildman–Crippen MR) is 84.5 cm³/mol. The molecule has 2 heteroatoms. The molecule has 0 saturated carbocycles. The topological polar surface area (TPSA) is 35.2 Å². The van der Waals surface area contributed by atoms with E-state index >= 15 is 0 Å². The molecule has 106 valence electrons.